The lowest BCUT2D eigenvalue weighted by atomic mass is 9.78. The molecule has 1 saturated heterocycles. The fourth-order valence-corrected chi connectivity index (χ4v) is 6.29. The summed E-state index contributed by atoms with van der Waals surface area (Å²) in [6, 6.07) is 17.9. The SMILES string of the molecule is CC(Cc1nc2ccccc2s1)(C(=O)NCC1CCN(S(C)(=O)=O)CC1)c1ccccc1. The van der Waals surface area contributed by atoms with Gasteiger partial charge in [-0.25, -0.2) is 17.7 Å². The number of hydrogen-bond donors (Lipinski definition) is 1. The Kier molecular flexibility index (Phi) is 6.65. The fourth-order valence-electron chi connectivity index (χ4n) is 4.29. The highest BCUT2D eigenvalue weighted by Crippen LogP contribution is 2.32. The molecule has 1 atom stereocenters. The van der Waals surface area contributed by atoms with Crippen LogP contribution in [0.3, 0.4) is 0 Å². The largest absolute Gasteiger partial charge is 0.355 e. The Morgan fingerprint density at radius 2 is 1.78 bits per heavy atom. The van der Waals surface area contributed by atoms with Crippen molar-refractivity contribution in [3.05, 3.63) is 65.2 Å². The zero-order chi connectivity index (χ0) is 22.8. The molecule has 4 rings (SSSR count). The molecule has 1 fully saturated rings. The van der Waals surface area contributed by atoms with E-state index < -0.39 is 15.4 Å². The number of benzene rings is 2. The van der Waals surface area contributed by atoms with Crippen molar-refractivity contribution in [2.24, 2.45) is 5.92 Å². The number of rotatable bonds is 7. The fraction of sp³-hybridized carbons (Fsp3) is 0.417. The van der Waals surface area contributed by atoms with Crippen molar-refractivity contribution in [1.82, 2.24) is 14.6 Å². The van der Waals surface area contributed by atoms with Gasteiger partial charge in [0.05, 0.1) is 26.9 Å². The molecule has 0 aliphatic carbocycles. The minimum absolute atomic E-state index is 0.0199. The molecule has 1 unspecified atom stereocenters. The van der Waals surface area contributed by atoms with Crippen molar-refractivity contribution >= 4 is 37.5 Å². The molecule has 2 aromatic carbocycles. The van der Waals surface area contributed by atoms with Gasteiger partial charge in [0, 0.05) is 26.1 Å². The number of piperidine rings is 1. The summed E-state index contributed by atoms with van der Waals surface area (Å²) in [5, 5.41) is 4.11. The van der Waals surface area contributed by atoms with Crippen LogP contribution in [-0.4, -0.2) is 49.5 Å². The minimum atomic E-state index is -3.15. The maximum absolute atomic E-state index is 13.5. The van der Waals surface area contributed by atoms with E-state index in [1.807, 2.05) is 55.5 Å². The lowest BCUT2D eigenvalue weighted by Gasteiger charge is -2.32. The number of para-hydroxylation sites is 1. The third-order valence-electron chi connectivity index (χ3n) is 6.35. The van der Waals surface area contributed by atoms with Gasteiger partial charge in [-0.3, -0.25) is 4.79 Å². The zero-order valence-electron chi connectivity index (χ0n) is 18.5. The molecule has 1 aliphatic heterocycles. The van der Waals surface area contributed by atoms with Crippen molar-refractivity contribution in [3.63, 3.8) is 0 Å². The molecule has 1 aliphatic rings. The second-order valence-corrected chi connectivity index (χ2v) is 11.9. The lowest BCUT2D eigenvalue weighted by molar-refractivity contribution is -0.126. The molecular formula is C24H29N3O3S2. The lowest BCUT2D eigenvalue weighted by Crippen LogP contribution is -2.47. The number of sulfonamides is 1. The summed E-state index contributed by atoms with van der Waals surface area (Å²) in [5.74, 6) is 0.257. The van der Waals surface area contributed by atoms with Crippen LogP contribution in [0.2, 0.25) is 0 Å². The first-order chi connectivity index (χ1) is 15.3. The first kappa shape index (κ1) is 22.9. The summed E-state index contributed by atoms with van der Waals surface area (Å²) in [6.07, 6.45) is 3.29. The van der Waals surface area contributed by atoms with Gasteiger partial charge in [0.25, 0.3) is 0 Å². The molecule has 2 heterocycles. The van der Waals surface area contributed by atoms with E-state index in [2.05, 4.69) is 11.4 Å². The van der Waals surface area contributed by atoms with E-state index in [1.165, 1.54) is 10.6 Å². The molecule has 170 valence electrons. The van der Waals surface area contributed by atoms with Gasteiger partial charge in [0.1, 0.15) is 0 Å². The topological polar surface area (TPSA) is 79.4 Å². The average Bonchev–Trinajstić information content (AvgIpc) is 3.19. The van der Waals surface area contributed by atoms with Crippen molar-refractivity contribution in [2.75, 3.05) is 25.9 Å². The van der Waals surface area contributed by atoms with E-state index in [1.54, 1.807) is 11.3 Å². The Hall–Kier alpha value is -2.29. The highest BCUT2D eigenvalue weighted by atomic mass is 32.2. The van der Waals surface area contributed by atoms with Crippen molar-refractivity contribution < 1.29 is 13.2 Å². The summed E-state index contributed by atoms with van der Waals surface area (Å²) < 4.78 is 26.1. The number of amides is 1. The van der Waals surface area contributed by atoms with Crippen LogP contribution < -0.4 is 5.32 Å². The molecule has 8 heteroatoms. The van der Waals surface area contributed by atoms with Crippen LogP contribution in [0.4, 0.5) is 0 Å². The van der Waals surface area contributed by atoms with Crippen LogP contribution in [0.1, 0.15) is 30.3 Å². The number of carbonyl (C=O) groups is 1. The molecule has 1 N–H and O–H groups in total. The zero-order valence-corrected chi connectivity index (χ0v) is 20.1. The van der Waals surface area contributed by atoms with Gasteiger partial charge in [0.2, 0.25) is 15.9 Å². The van der Waals surface area contributed by atoms with Gasteiger partial charge in [-0.05, 0) is 43.4 Å². The molecule has 0 spiro atoms. The van der Waals surface area contributed by atoms with E-state index in [4.69, 9.17) is 4.98 Å². The Morgan fingerprint density at radius 1 is 1.12 bits per heavy atom. The number of hydrogen-bond acceptors (Lipinski definition) is 5. The van der Waals surface area contributed by atoms with Gasteiger partial charge in [-0.1, -0.05) is 42.5 Å². The highest BCUT2D eigenvalue weighted by Gasteiger charge is 2.37. The Bertz CT molecular complexity index is 1150. The van der Waals surface area contributed by atoms with Crippen LogP contribution in [0.25, 0.3) is 10.2 Å². The van der Waals surface area contributed by atoms with Crippen LogP contribution in [0.15, 0.2) is 54.6 Å². The van der Waals surface area contributed by atoms with E-state index in [-0.39, 0.29) is 11.8 Å². The predicted molar refractivity (Wildman–Crippen MR) is 129 cm³/mol. The van der Waals surface area contributed by atoms with Gasteiger partial charge in [0.15, 0.2) is 0 Å². The van der Waals surface area contributed by atoms with E-state index in [0.29, 0.717) is 26.1 Å². The maximum atomic E-state index is 13.5. The van der Waals surface area contributed by atoms with Crippen LogP contribution in [0, 0.1) is 5.92 Å². The molecule has 0 radical (unpaired) electrons. The summed E-state index contributed by atoms with van der Waals surface area (Å²) in [6.45, 7) is 3.57. The normalized spacial score (nSPS) is 17.8. The van der Waals surface area contributed by atoms with E-state index in [9.17, 15) is 13.2 Å². The Balaban J connectivity index is 1.48. The first-order valence-electron chi connectivity index (χ1n) is 10.9. The standard InChI is InChI=1S/C24H29N3O3S2/c1-24(19-8-4-3-5-9-19,16-22-26-20-10-6-7-11-21(20)31-22)23(28)25-17-18-12-14-27(15-13-18)32(2,29)30/h3-11,18H,12-17H2,1-2H3,(H,25,28). The molecule has 32 heavy (non-hydrogen) atoms. The second-order valence-electron chi connectivity index (χ2n) is 8.77. The van der Waals surface area contributed by atoms with Crippen molar-refractivity contribution in [1.29, 1.82) is 0 Å². The van der Waals surface area contributed by atoms with Gasteiger partial charge < -0.3 is 5.32 Å². The van der Waals surface area contributed by atoms with Crippen molar-refractivity contribution in [2.45, 2.75) is 31.6 Å². The molecule has 0 saturated carbocycles. The quantitative estimate of drug-likeness (QED) is 0.571. The van der Waals surface area contributed by atoms with Gasteiger partial charge >= 0.3 is 0 Å². The molecule has 1 aromatic heterocycles. The third kappa shape index (κ3) is 5.03. The van der Waals surface area contributed by atoms with E-state index >= 15 is 0 Å². The molecule has 3 aromatic rings. The number of nitrogens with one attached hydrogen (secondary N) is 1. The smallest absolute Gasteiger partial charge is 0.230 e. The summed E-state index contributed by atoms with van der Waals surface area (Å²) in [5.41, 5.74) is 1.17. The highest BCUT2D eigenvalue weighted by molar-refractivity contribution is 7.88. The van der Waals surface area contributed by atoms with Crippen LogP contribution >= 0.6 is 11.3 Å². The maximum Gasteiger partial charge on any atom is 0.230 e. The van der Waals surface area contributed by atoms with Crippen molar-refractivity contribution in [3.8, 4) is 0 Å². The Labute approximate surface area is 193 Å². The first-order valence-corrected chi connectivity index (χ1v) is 13.6. The summed E-state index contributed by atoms with van der Waals surface area (Å²) in [4.78, 5) is 18.3. The molecular weight excluding hydrogens is 442 g/mol. The minimum Gasteiger partial charge on any atom is -0.355 e. The average molecular weight is 472 g/mol. The predicted octanol–water partition coefficient (Wildman–Crippen LogP) is 3.58. The second kappa shape index (κ2) is 9.29. The number of carbonyl (C=O) groups excluding carboxylic acids is 1. The monoisotopic (exact) mass is 471 g/mol. The molecule has 6 nitrogen and oxygen atoms in total. The molecule has 1 amide bonds. The number of nitrogens with zero attached hydrogens (tertiary/aromatic N) is 2. The summed E-state index contributed by atoms with van der Waals surface area (Å²) >= 11 is 1.63. The molecule has 0 bridgehead atoms. The summed E-state index contributed by atoms with van der Waals surface area (Å²) in [7, 11) is -3.15. The van der Waals surface area contributed by atoms with Crippen LogP contribution in [0.5, 0.6) is 0 Å². The van der Waals surface area contributed by atoms with E-state index in [0.717, 1.165) is 33.6 Å². The number of thiazole rings is 1. The Morgan fingerprint density at radius 3 is 2.44 bits per heavy atom. The number of aromatic nitrogens is 1. The van der Waals surface area contributed by atoms with Crippen LogP contribution in [-0.2, 0) is 26.7 Å². The third-order valence-corrected chi connectivity index (χ3v) is 8.69. The number of fused-ring (bicyclic) bond motifs is 1. The van der Waals surface area contributed by atoms with Gasteiger partial charge in [-0.2, -0.15) is 0 Å². The van der Waals surface area contributed by atoms with Gasteiger partial charge in [-0.15, -0.1) is 11.3 Å².